The summed E-state index contributed by atoms with van der Waals surface area (Å²) in [5, 5.41) is 0. The lowest BCUT2D eigenvalue weighted by Crippen LogP contribution is -2.25. The maximum atomic E-state index is 10.5. The van der Waals surface area contributed by atoms with Gasteiger partial charge in [0.05, 0.1) is 0 Å². The number of aldehydes is 1. The highest BCUT2D eigenvalue weighted by Crippen LogP contribution is 2.10. The van der Waals surface area contributed by atoms with Gasteiger partial charge in [-0.3, -0.25) is 0 Å². The summed E-state index contributed by atoms with van der Waals surface area (Å²) in [6, 6.07) is 7.71. The molecule has 1 rings (SSSR count). The number of hydrogen-bond donors (Lipinski definition) is 2. The average molecular weight is 206 g/mol. The van der Waals surface area contributed by atoms with Crippen LogP contribution >= 0.6 is 0 Å². The van der Waals surface area contributed by atoms with Crippen molar-refractivity contribution < 1.29 is 4.79 Å². The molecule has 0 fully saturated rings. The SMILES string of the molecule is CC(C=O)C[C@@H](N)Cc1ccc(N)cc1. The molecule has 3 heteroatoms. The fourth-order valence-electron chi connectivity index (χ4n) is 1.57. The van der Waals surface area contributed by atoms with Crippen LogP contribution in [0.1, 0.15) is 18.9 Å². The summed E-state index contributed by atoms with van der Waals surface area (Å²) in [5.41, 5.74) is 13.4. The Bertz CT molecular complexity index is 308. The van der Waals surface area contributed by atoms with E-state index in [4.69, 9.17) is 11.5 Å². The number of nitrogens with two attached hydrogens (primary N) is 2. The molecule has 0 saturated heterocycles. The zero-order valence-corrected chi connectivity index (χ0v) is 9.02. The van der Waals surface area contributed by atoms with Crippen molar-refractivity contribution in [2.75, 3.05) is 5.73 Å². The molecule has 4 N–H and O–H groups in total. The Balaban J connectivity index is 2.47. The first-order chi connectivity index (χ1) is 7.11. The third kappa shape index (κ3) is 4.13. The topological polar surface area (TPSA) is 69.1 Å². The first-order valence-electron chi connectivity index (χ1n) is 5.17. The van der Waals surface area contributed by atoms with Crippen LogP contribution in [-0.4, -0.2) is 12.3 Å². The minimum atomic E-state index is 0.0359. The summed E-state index contributed by atoms with van der Waals surface area (Å²) in [6.07, 6.45) is 2.47. The highest BCUT2D eigenvalue weighted by Gasteiger charge is 2.08. The molecule has 0 bridgehead atoms. The van der Waals surface area contributed by atoms with Gasteiger partial charge in [0.1, 0.15) is 6.29 Å². The van der Waals surface area contributed by atoms with Gasteiger partial charge in [0.15, 0.2) is 0 Å². The van der Waals surface area contributed by atoms with Crippen LogP contribution in [0.3, 0.4) is 0 Å². The normalized spacial score (nSPS) is 14.5. The first-order valence-corrected chi connectivity index (χ1v) is 5.17. The van der Waals surface area contributed by atoms with E-state index < -0.39 is 0 Å². The Labute approximate surface area is 90.5 Å². The summed E-state index contributed by atoms with van der Waals surface area (Å²) in [5.74, 6) is 0.0359. The zero-order chi connectivity index (χ0) is 11.3. The minimum absolute atomic E-state index is 0.0359. The number of carbonyl (C=O) groups is 1. The quantitative estimate of drug-likeness (QED) is 0.564. The van der Waals surface area contributed by atoms with Gasteiger partial charge < -0.3 is 16.3 Å². The van der Waals surface area contributed by atoms with E-state index in [1.807, 2.05) is 31.2 Å². The molecule has 0 saturated carbocycles. The van der Waals surface area contributed by atoms with Crippen LogP contribution in [0.4, 0.5) is 5.69 Å². The van der Waals surface area contributed by atoms with Gasteiger partial charge in [0.2, 0.25) is 0 Å². The molecule has 82 valence electrons. The van der Waals surface area contributed by atoms with Crippen molar-refractivity contribution in [2.45, 2.75) is 25.8 Å². The second-order valence-electron chi connectivity index (χ2n) is 4.05. The molecule has 0 amide bonds. The molecular weight excluding hydrogens is 188 g/mol. The van der Waals surface area contributed by atoms with Crippen molar-refractivity contribution >= 4 is 12.0 Å². The molecule has 3 nitrogen and oxygen atoms in total. The van der Waals surface area contributed by atoms with Gasteiger partial charge in [0.25, 0.3) is 0 Å². The third-order valence-electron chi connectivity index (χ3n) is 2.38. The second kappa shape index (κ2) is 5.51. The fraction of sp³-hybridized carbons (Fsp3) is 0.417. The third-order valence-corrected chi connectivity index (χ3v) is 2.38. The largest absolute Gasteiger partial charge is 0.399 e. The van der Waals surface area contributed by atoms with E-state index in [9.17, 15) is 4.79 Å². The summed E-state index contributed by atoms with van der Waals surface area (Å²) >= 11 is 0. The second-order valence-corrected chi connectivity index (χ2v) is 4.05. The Morgan fingerprint density at radius 1 is 1.33 bits per heavy atom. The first kappa shape index (κ1) is 11.7. The summed E-state index contributed by atoms with van der Waals surface area (Å²) in [7, 11) is 0. The number of carbonyl (C=O) groups excluding carboxylic acids is 1. The van der Waals surface area contributed by atoms with Crippen LogP contribution < -0.4 is 11.5 Å². The molecule has 1 aromatic rings. The Hall–Kier alpha value is -1.35. The van der Waals surface area contributed by atoms with Crippen molar-refractivity contribution in [1.29, 1.82) is 0 Å². The van der Waals surface area contributed by atoms with Crippen molar-refractivity contribution in [2.24, 2.45) is 11.7 Å². The van der Waals surface area contributed by atoms with Crippen LogP contribution in [0.25, 0.3) is 0 Å². The van der Waals surface area contributed by atoms with Gasteiger partial charge >= 0.3 is 0 Å². The summed E-state index contributed by atoms with van der Waals surface area (Å²) < 4.78 is 0. The van der Waals surface area contributed by atoms with Crippen molar-refractivity contribution in [3.05, 3.63) is 29.8 Å². The van der Waals surface area contributed by atoms with Gasteiger partial charge in [-0.15, -0.1) is 0 Å². The lowest BCUT2D eigenvalue weighted by molar-refractivity contribution is -0.110. The molecule has 0 aliphatic rings. The van der Waals surface area contributed by atoms with E-state index in [0.29, 0.717) is 0 Å². The zero-order valence-electron chi connectivity index (χ0n) is 9.02. The molecule has 0 aliphatic carbocycles. The molecule has 2 atom stereocenters. The molecule has 0 radical (unpaired) electrons. The van der Waals surface area contributed by atoms with Gasteiger partial charge in [-0.2, -0.15) is 0 Å². The summed E-state index contributed by atoms with van der Waals surface area (Å²) in [4.78, 5) is 10.5. The molecule has 1 unspecified atom stereocenters. The molecular formula is C12H18N2O. The van der Waals surface area contributed by atoms with E-state index in [2.05, 4.69) is 0 Å². The fourth-order valence-corrected chi connectivity index (χ4v) is 1.57. The van der Waals surface area contributed by atoms with Crippen LogP contribution in [-0.2, 0) is 11.2 Å². The van der Waals surface area contributed by atoms with Crippen molar-refractivity contribution in [1.82, 2.24) is 0 Å². The van der Waals surface area contributed by atoms with E-state index in [1.165, 1.54) is 0 Å². The maximum Gasteiger partial charge on any atom is 0.122 e. The minimum Gasteiger partial charge on any atom is -0.399 e. The number of rotatable bonds is 5. The lowest BCUT2D eigenvalue weighted by atomic mass is 9.98. The highest BCUT2D eigenvalue weighted by molar-refractivity contribution is 5.52. The van der Waals surface area contributed by atoms with Crippen molar-refractivity contribution in [3.63, 3.8) is 0 Å². The predicted octanol–water partition coefficient (Wildman–Crippen LogP) is 1.36. The maximum absolute atomic E-state index is 10.5. The molecule has 15 heavy (non-hydrogen) atoms. The smallest absolute Gasteiger partial charge is 0.122 e. The van der Waals surface area contributed by atoms with E-state index in [1.54, 1.807) is 0 Å². The Morgan fingerprint density at radius 3 is 2.47 bits per heavy atom. The Kier molecular flexibility index (Phi) is 4.31. The highest BCUT2D eigenvalue weighted by atomic mass is 16.1. The van der Waals surface area contributed by atoms with Gasteiger partial charge in [0, 0.05) is 17.6 Å². The average Bonchev–Trinajstić information content (AvgIpc) is 2.21. The molecule has 0 spiro atoms. The molecule has 1 aromatic carbocycles. The van der Waals surface area contributed by atoms with Crippen LogP contribution in [0.5, 0.6) is 0 Å². The Morgan fingerprint density at radius 2 is 1.93 bits per heavy atom. The number of benzene rings is 1. The lowest BCUT2D eigenvalue weighted by Gasteiger charge is -2.13. The number of anilines is 1. The van der Waals surface area contributed by atoms with Gasteiger partial charge in [-0.25, -0.2) is 0 Å². The van der Waals surface area contributed by atoms with Gasteiger partial charge in [-0.05, 0) is 30.5 Å². The van der Waals surface area contributed by atoms with Gasteiger partial charge in [-0.1, -0.05) is 19.1 Å². The van der Waals surface area contributed by atoms with Crippen LogP contribution in [0.2, 0.25) is 0 Å². The monoisotopic (exact) mass is 206 g/mol. The van der Waals surface area contributed by atoms with Crippen LogP contribution in [0, 0.1) is 5.92 Å². The van der Waals surface area contributed by atoms with E-state index in [0.717, 1.165) is 30.4 Å². The van der Waals surface area contributed by atoms with Crippen molar-refractivity contribution in [3.8, 4) is 0 Å². The molecule has 0 heterocycles. The van der Waals surface area contributed by atoms with Crippen LogP contribution in [0.15, 0.2) is 24.3 Å². The van der Waals surface area contributed by atoms with E-state index in [-0.39, 0.29) is 12.0 Å². The number of hydrogen-bond acceptors (Lipinski definition) is 3. The standard InChI is InChI=1S/C12H18N2O/c1-9(8-15)6-12(14)7-10-2-4-11(13)5-3-10/h2-5,8-9,12H,6-7,13-14H2,1H3/t9?,12-/m1/s1. The molecule has 0 aliphatic heterocycles. The summed E-state index contributed by atoms with van der Waals surface area (Å²) in [6.45, 7) is 1.88. The number of nitrogen functional groups attached to an aromatic ring is 1. The van der Waals surface area contributed by atoms with E-state index >= 15 is 0 Å². The molecule has 0 aromatic heterocycles. The predicted molar refractivity (Wildman–Crippen MR) is 62.4 cm³/mol.